The standard InChI is InChI=1S/C27H24FN3OS/c1-2-20(27(32)30-17-19-13-15-29-16-14-19)9-12-23-18-33-25-6-4-3-5-24(25)26(31-23)21-7-10-22(28)11-8-21/h2-8,10-11,13-16,18,20H,1,9,12,17H2,(H,30,32). The van der Waals surface area contributed by atoms with Crippen LogP contribution in [0.15, 0.2) is 107 Å². The molecule has 0 fully saturated rings. The molecule has 33 heavy (non-hydrogen) atoms. The predicted octanol–water partition coefficient (Wildman–Crippen LogP) is 5.90. The van der Waals surface area contributed by atoms with Crippen molar-refractivity contribution in [2.24, 2.45) is 10.9 Å². The van der Waals surface area contributed by atoms with E-state index in [0.29, 0.717) is 19.4 Å². The van der Waals surface area contributed by atoms with E-state index in [1.165, 1.54) is 12.1 Å². The van der Waals surface area contributed by atoms with Crippen LogP contribution in [-0.4, -0.2) is 16.6 Å². The molecular formula is C27H24FN3OS. The van der Waals surface area contributed by atoms with E-state index in [1.807, 2.05) is 35.7 Å². The van der Waals surface area contributed by atoms with Crippen molar-refractivity contribution in [2.45, 2.75) is 24.3 Å². The van der Waals surface area contributed by atoms with Crippen molar-refractivity contribution in [2.75, 3.05) is 0 Å². The molecule has 1 aliphatic heterocycles. The Hall–Kier alpha value is -3.51. The highest BCUT2D eigenvalue weighted by Crippen LogP contribution is 2.32. The molecule has 2 aromatic carbocycles. The monoisotopic (exact) mass is 457 g/mol. The Morgan fingerprint density at radius 1 is 1.09 bits per heavy atom. The van der Waals surface area contributed by atoms with Crippen molar-refractivity contribution in [3.8, 4) is 0 Å². The number of aliphatic imine (C=N–C) groups is 1. The number of rotatable bonds is 8. The molecule has 166 valence electrons. The van der Waals surface area contributed by atoms with Crippen LogP contribution in [0.5, 0.6) is 0 Å². The summed E-state index contributed by atoms with van der Waals surface area (Å²) in [5.74, 6) is -0.666. The Labute approximate surface area is 197 Å². The fraction of sp³-hybridized carbons (Fsp3) is 0.148. The summed E-state index contributed by atoms with van der Waals surface area (Å²) >= 11 is 1.61. The number of halogens is 1. The molecule has 0 radical (unpaired) electrons. The minimum absolute atomic E-state index is 0.0605. The molecule has 0 saturated heterocycles. The minimum Gasteiger partial charge on any atom is -0.352 e. The number of aromatic nitrogens is 1. The second-order valence-corrected chi connectivity index (χ2v) is 8.56. The van der Waals surface area contributed by atoms with Crippen LogP contribution in [0.1, 0.15) is 29.5 Å². The Morgan fingerprint density at radius 2 is 1.85 bits per heavy atom. The van der Waals surface area contributed by atoms with Gasteiger partial charge >= 0.3 is 0 Å². The highest BCUT2D eigenvalue weighted by Gasteiger charge is 2.19. The Balaban J connectivity index is 1.49. The van der Waals surface area contributed by atoms with Crippen LogP contribution < -0.4 is 5.32 Å². The van der Waals surface area contributed by atoms with Gasteiger partial charge in [0.15, 0.2) is 0 Å². The summed E-state index contributed by atoms with van der Waals surface area (Å²) in [6, 6.07) is 18.2. The zero-order chi connectivity index (χ0) is 23.0. The number of hydrogen-bond donors (Lipinski definition) is 1. The van der Waals surface area contributed by atoms with E-state index < -0.39 is 0 Å². The SMILES string of the molecule is C=CC(CCC1=CSc2ccccc2C(c2ccc(F)cc2)=N1)C(=O)NCc1ccncc1. The average Bonchev–Trinajstić information content (AvgIpc) is 3.04. The maximum absolute atomic E-state index is 13.5. The van der Waals surface area contributed by atoms with Crippen LogP contribution >= 0.6 is 11.8 Å². The zero-order valence-electron chi connectivity index (χ0n) is 18.1. The fourth-order valence-corrected chi connectivity index (χ4v) is 4.43. The quantitative estimate of drug-likeness (QED) is 0.428. The fourth-order valence-electron chi connectivity index (χ4n) is 3.55. The van der Waals surface area contributed by atoms with Crippen molar-refractivity contribution in [3.63, 3.8) is 0 Å². The molecule has 0 spiro atoms. The van der Waals surface area contributed by atoms with Gasteiger partial charge in [0.2, 0.25) is 5.91 Å². The first-order chi connectivity index (χ1) is 16.1. The summed E-state index contributed by atoms with van der Waals surface area (Å²) in [5, 5.41) is 5.00. The van der Waals surface area contributed by atoms with Crippen LogP contribution in [0, 0.1) is 11.7 Å². The lowest BCUT2D eigenvalue weighted by Crippen LogP contribution is -2.29. The van der Waals surface area contributed by atoms with Gasteiger partial charge in [0.05, 0.1) is 11.6 Å². The average molecular weight is 458 g/mol. The Morgan fingerprint density at radius 3 is 2.61 bits per heavy atom. The van der Waals surface area contributed by atoms with E-state index in [2.05, 4.69) is 22.9 Å². The summed E-state index contributed by atoms with van der Waals surface area (Å²) in [4.78, 5) is 22.7. The highest BCUT2D eigenvalue weighted by atomic mass is 32.2. The number of amides is 1. The maximum atomic E-state index is 13.5. The molecule has 2 heterocycles. The number of thioether (sulfide) groups is 1. The first-order valence-electron chi connectivity index (χ1n) is 10.7. The highest BCUT2D eigenvalue weighted by molar-refractivity contribution is 8.02. The normalized spacial score (nSPS) is 13.7. The molecule has 3 aromatic rings. The van der Waals surface area contributed by atoms with Crippen molar-refractivity contribution in [1.29, 1.82) is 0 Å². The van der Waals surface area contributed by atoms with Gasteiger partial charge in [-0.25, -0.2) is 4.39 Å². The molecular weight excluding hydrogens is 433 g/mol. The first-order valence-corrected chi connectivity index (χ1v) is 11.6. The number of carbonyl (C=O) groups excluding carboxylic acids is 1. The summed E-state index contributed by atoms with van der Waals surface area (Å²) in [6.45, 7) is 4.31. The topological polar surface area (TPSA) is 54.4 Å². The van der Waals surface area contributed by atoms with E-state index >= 15 is 0 Å². The Bertz CT molecular complexity index is 1190. The molecule has 1 N–H and O–H groups in total. The molecule has 1 unspecified atom stereocenters. The molecule has 1 atom stereocenters. The van der Waals surface area contributed by atoms with Crippen LogP contribution in [0.25, 0.3) is 0 Å². The number of allylic oxidation sites excluding steroid dienone is 1. The van der Waals surface area contributed by atoms with Crippen LogP contribution in [0.3, 0.4) is 0 Å². The zero-order valence-corrected chi connectivity index (χ0v) is 18.9. The summed E-state index contributed by atoms with van der Waals surface area (Å²) in [6.07, 6.45) is 6.31. The summed E-state index contributed by atoms with van der Waals surface area (Å²) < 4.78 is 13.5. The number of carbonyl (C=O) groups is 1. The van der Waals surface area contributed by atoms with Gasteiger partial charge in [-0.1, -0.05) is 36.0 Å². The summed E-state index contributed by atoms with van der Waals surface area (Å²) in [7, 11) is 0. The van der Waals surface area contributed by atoms with Gasteiger partial charge in [-0.05, 0) is 66.3 Å². The molecule has 1 aliphatic rings. The lowest BCUT2D eigenvalue weighted by atomic mass is 10.00. The maximum Gasteiger partial charge on any atom is 0.227 e. The molecule has 6 heteroatoms. The lowest BCUT2D eigenvalue weighted by Gasteiger charge is -2.14. The second-order valence-electron chi connectivity index (χ2n) is 7.64. The third kappa shape index (κ3) is 5.84. The van der Waals surface area contributed by atoms with E-state index in [1.54, 1.807) is 42.4 Å². The predicted molar refractivity (Wildman–Crippen MR) is 131 cm³/mol. The number of nitrogens with zero attached hydrogens (tertiary/aromatic N) is 2. The van der Waals surface area contributed by atoms with Gasteiger partial charge in [0.1, 0.15) is 5.82 Å². The van der Waals surface area contributed by atoms with E-state index in [4.69, 9.17) is 4.99 Å². The second kappa shape index (κ2) is 10.9. The molecule has 4 rings (SSSR count). The third-order valence-corrected chi connectivity index (χ3v) is 6.39. The molecule has 0 saturated carbocycles. The molecule has 0 bridgehead atoms. The largest absolute Gasteiger partial charge is 0.352 e. The van der Waals surface area contributed by atoms with Crippen LogP contribution in [0.2, 0.25) is 0 Å². The van der Waals surface area contributed by atoms with Crippen molar-refractivity contribution in [1.82, 2.24) is 10.3 Å². The smallest absolute Gasteiger partial charge is 0.227 e. The van der Waals surface area contributed by atoms with Gasteiger partial charge in [-0.15, -0.1) is 6.58 Å². The number of hydrogen-bond acceptors (Lipinski definition) is 4. The van der Waals surface area contributed by atoms with E-state index in [9.17, 15) is 9.18 Å². The van der Waals surface area contributed by atoms with Gasteiger partial charge in [-0.3, -0.25) is 14.8 Å². The number of nitrogens with one attached hydrogen (secondary N) is 1. The first kappa shape index (κ1) is 22.7. The molecule has 4 nitrogen and oxygen atoms in total. The number of fused-ring (bicyclic) bond motifs is 1. The molecule has 1 amide bonds. The van der Waals surface area contributed by atoms with E-state index in [0.717, 1.165) is 33.0 Å². The third-order valence-electron chi connectivity index (χ3n) is 5.39. The van der Waals surface area contributed by atoms with Gasteiger partial charge in [-0.2, -0.15) is 0 Å². The van der Waals surface area contributed by atoms with Crippen LogP contribution in [0.4, 0.5) is 4.39 Å². The van der Waals surface area contributed by atoms with Gasteiger partial charge in [0.25, 0.3) is 0 Å². The van der Waals surface area contributed by atoms with Gasteiger partial charge < -0.3 is 5.32 Å². The number of benzene rings is 2. The van der Waals surface area contributed by atoms with Crippen LogP contribution in [-0.2, 0) is 11.3 Å². The molecule has 0 aliphatic carbocycles. The minimum atomic E-state index is -0.326. The number of pyridine rings is 1. The van der Waals surface area contributed by atoms with Crippen molar-refractivity contribution >= 4 is 23.4 Å². The van der Waals surface area contributed by atoms with Crippen molar-refractivity contribution in [3.05, 3.63) is 119 Å². The lowest BCUT2D eigenvalue weighted by molar-refractivity contribution is -0.123. The Kier molecular flexibility index (Phi) is 7.47. The molecule has 1 aromatic heterocycles. The van der Waals surface area contributed by atoms with Gasteiger partial charge in [0, 0.05) is 40.7 Å². The van der Waals surface area contributed by atoms with Crippen molar-refractivity contribution < 1.29 is 9.18 Å². The summed E-state index contributed by atoms with van der Waals surface area (Å²) in [5.41, 5.74) is 4.54. The van der Waals surface area contributed by atoms with E-state index in [-0.39, 0.29) is 17.6 Å².